The molecule has 0 amide bonds. The van der Waals surface area contributed by atoms with Gasteiger partial charge in [0.25, 0.3) is 0 Å². The smallest absolute Gasteiger partial charge is 0.139 e. The second-order valence-corrected chi connectivity index (χ2v) is 5.87. The van der Waals surface area contributed by atoms with Crippen LogP contribution in [0.25, 0.3) is 5.57 Å². The van der Waals surface area contributed by atoms with E-state index in [1.807, 2.05) is 18.3 Å². The molecule has 1 aliphatic heterocycles. The Hall–Kier alpha value is -2.42. The van der Waals surface area contributed by atoms with E-state index in [4.69, 9.17) is 0 Å². The van der Waals surface area contributed by atoms with Gasteiger partial charge in [0, 0.05) is 11.8 Å². The molecule has 1 aliphatic rings. The van der Waals surface area contributed by atoms with Crippen molar-refractivity contribution in [3.63, 3.8) is 0 Å². The Morgan fingerprint density at radius 1 is 1.00 bits per heavy atom. The van der Waals surface area contributed by atoms with E-state index < -0.39 is 0 Å². The summed E-state index contributed by atoms with van der Waals surface area (Å²) >= 11 is 0. The number of benzene rings is 2. The normalized spacial score (nSPS) is 14.6. The van der Waals surface area contributed by atoms with Crippen molar-refractivity contribution in [2.45, 2.75) is 19.8 Å². The van der Waals surface area contributed by atoms with E-state index in [1.54, 1.807) is 0 Å². The molecule has 23 heavy (non-hydrogen) atoms. The van der Waals surface area contributed by atoms with Gasteiger partial charge in [0.2, 0.25) is 0 Å². The number of hydrogen-bond acceptors (Lipinski definition) is 1. The molecule has 0 atom stereocenters. The maximum absolute atomic E-state index is 13.1. The number of hydrogen-bond donors (Lipinski definition) is 0. The first-order chi connectivity index (χ1) is 11.2. The molecule has 2 aromatic rings. The minimum Gasteiger partial charge on any atom is -0.256 e. The molecular formula is C20H19BFN. The molecule has 3 rings (SSSR count). The summed E-state index contributed by atoms with van der Waals surface area (Å²) in [6.07, 6.45) is 5.92. The largest absolute Gasteiger partial charge is 0.256 e. The van der Waals surface area contributed by atoms with Gasteiger partial charge in [-0.05, 0) is 42.2 Å². The third-order valence-corrected chi connectivity index (χ3v) is 4.13. The predicted octanol–water partition coefficient (Wildman–Crippen LogP) is 3.65. The van der Waals surface area contributed by atoms with Crippen LogP contribution in [0.5, 0.6) is 0 Å². The Morgan fingerprint density at radius 3 is 2.30 bits per heavy atom. The van der Waals surface area contributed by atoms with Gasteiger partial charge >= 0.3 is 0 Å². The van der Waals surface area contributed by atoms with Gasteiger partial charge in [-0.25, -0.2) is 4.39 Å². The fourth-order valence-corrected chi connectivity index (χ4v) is 2.67. The van der Waals surface area contributed by atoms with Gasteiger partial charge in [-0.3, -0.25) is 4.99 Å². The molecule has 0 unspecified atom stereocenters. The van der Waals surface area contributed by atoms with Gasteiger partial charge in [-0.15, -0.1) is 0 Å². The van der Waals surface area contributed by atoms with E-state index >= 15 is 0 Å². The molecule has 0 aliphatic carbocycles. The highest BCUT2D eigenvalue weighted by Crippen LogP contribution is 2.27. The number of allylic oxidation sites excluding steroid dienone is 3. The molecule has 0 N–H and O–H groups in total. The third-order valence-electron chi connectivity index (χ3n) is 4.13. The average molecular weight is 303 g/mol. The van der Waals surface area contributed by atoms with Crippen molar-refractivity contribution in [1.82, 2.24) is 0 Å². The van der Waals surface area contributed by atoms with Gasteiger partial charge < -0.3 is 0 Å². The van der Waals surface area contributed by atoms with Gasteiger partial charge in [0.15, 0.2) is 0 Å². The maximum atomic E-state index is 13.1. The van der Waals surface area contributed by atoms with Crippen LogP contribution >= 0.6 is 0 Å². The summed E-state index contributed by atoms with van der Waals surface area (Å²) < 4.78 is 13.1. The van der Waals surface area contributed by atoms with Crippen molar-refractivity contribution in [3.05, 3.63) is 83.3 Å². The van der Waals surface area contributed by atoms with Crippen LogP contribution in [0.1, 0.15) is 30.9 Å². The minimum atomic E-state index is -0.210. The topological polar surface area (TPSA) is 12.4 Å². The van der Waals surface area contributed by atoms with E-state index in [0.29, 0.717) is 0 Å². The van der Waals surface area contributed by atoms with Crippen molar-refractivity contribution in [2.24, 2.45) is 4.99 Å². The lowest BCUT2D eigenvalue weighted by Gasteiger charge is -2.08. The zero-order valence-electron chi connectivity index (χ0n) is 13.5. The molecule has 1 nitrogen and oxygen atoms in total. The van der Waals surface area contributed by atoms with Crippen molar-refractivity contribution in [3.8, 4) is 0 Å². The van der Waals surface area contributed by atoms with Crippen molar-refractivity contribution in [1.29, 1.82) is 0 Å². The van der Waals surface area contributed by atoms with Crippen molar-refractivity contribution in [2.75, 3.05) is 0 Å². The highest BCUT2D eigenvalue weighted by molar-refractivity contribution is 6.32. The minimum absolute atomic E-state index is 0.210. The molecule has 0 fully saturated rings. The lowest BCUT2D eigenvalue weighted by Crippen LogP contribution is -2.04. The summed E-state index contributed by atoms with van der Waals surface area (Å²) in [5, 5.41) is 0. The molecule has 1 heterocycles. The monoisotopic (exact) mass is 303 g/mol. The summed E-state index contributed by atoms with van der Waals surface area (Å²) in [5.74, 6) is -0.210. The first-order valence-corrected chi connectivity index (χ1v) is 7.95. The summed E-state index contributed by atoms with van der Waals surface area (Å²) in [7, 11) is 2.08. The standard InChI is InChI=1S/C20H19BFN/c1-2-14-11-17(15-5-9-19(22)10-6-15)13-23-20(12-14)16-3-7-18(21)8-4-16/h3-10,12-13H,2,11,21H2,1H3. The highest BCUT2D eigenvalue weighted by Gasteiger charge is 2.10. The fraction of sp³-hybridized carbons (Fsp3) is 0.150. The van der Waals surface area contributed by atoms with E-state index in [1.165, 1.54) is 23.2 Å². The Balaban J connectivity index is 2.00. The molecule has 2 aromatic carbocycles. The lowest BCUT2D eigenvalue weighted by atomic mass is 9.93. The zero-order chi connectivity index (χ0) is 16.2. The predicted molar refractivity (Wildman–Crippen MR) is 98.5 cm³/mol. The molecular weight excluding hydrogens is 284 g/mol. The van der Waals surface area contributed by atoms with Crippen LogP contribution in [-0.2, 0) is 0 Å². The summed E-state index contributed by atoms with van der Waals surface area (Å²) in [6.45, 7) is 2.16. The molecule has 114 valence electrons. The first-order valence-electron chi connectivity index (χ1n) is 7.95. The van der Waals surface area contributed by atoms with Crippen molar-refractivity contribution < 1.29 is 4.39 Å². The molecule has 0 spiro atoms. The van der Waals surface area contributed by atoms with Crippen LogP contribution in [0.3, 0.4) is 0 Å². The van der Waals surface area contributed by atoms with Crippen molar-refractivity contribution >= 4 is 24.6 Å². The van der Waals surface area contributed by atoms with E-state index in [-0.39, 0.29) is 5.82 Å². The zero-order valence-corrected chi connectivity index (χ0v) is 13.5. The quantitative estimate of drug-likeness (QED) is 0.768. The summed E-state index contributed by atoms with van der Waals surface area (Å²) in [6, 6.07) is 15.1. The third kappa shape index (κ3) is 3.68. The fourth-order valence-electron chi connectivity index (χ4n) is 2.67. The molecule has 0 saturated carbocycles. The van der Waals surface area contributed by atoms with Gasteiger partial charge in [0.1, 0.15) is 13.7 Å². The highest BCUT2D eigenvalue weighted by atomic mass is 19.1. The van der Waals surface area contributed by atoms with Gasteiger partial charge in [-0.2, -0.15) is 0 Å². The van der Waals surface area contributed by atoms with Crippen LogP contribution in [0.2, 0.25) is 0 Å². The Bertz CT molecular complexity index is 783. The van der Waals surface area contributed by atoms with Gasteiger partial charge in [0.05, 0.1) is 5.71 Å². The molecule has 0 bridgehead atoms. The number of rotatable bonds is 3. The number of nitrogens with zero attached hydrogens (tertiary/aromatic N) is 1. The van der Waals surface area contributed by atoms with E-state index in [2.05, 4.69) is 50.1 Å². The Labute approximate surface area is 137 Å². The summed E-state index contributed by atoms with van der Waals surface area (Å²) in [4.78, 5) is 4.69. The second-order valence-electron chi connectivity index (χ2n) is 5.87. The first kappa shape index (κ1) is 15.5. The summed E-state index contributed by atoms with van der Waals surface area (Å²) in [5.41, 5.74) is 6.83. The SMILES string of the molecule is Bc1ccc(C2=NC=C(c3ccc(F)cc3)CC(CC)=C2)cc1. The maximum Gasteiger partial charge on any atom is 0.139 e. The van der Waals surface area contributed by atoms with Crippen LogP contribution < -0.4 is 5.46 Å². The van der Waals surface area contributed by atoms with Crippen LogP contribution in [0, 0.1) is 5.82 Å². The average Bonchev–Trinajstić information content (AvgIpc) is 2.79. The number of aliphatic imine (C=N–C) groups is 1. The Morgan fingerprint density at radius 2 is 1.65 bits per heavy atom. The molecule has 0 aromatic heterocycles. The molecule has 0 radical (unpaired) electrons. The van der Waals surface area contributed by atoms with Crippen LogP contribution in [0.15, 0.2) is 71.4 Å². The lowest BCUT2D eigenvalue weighted by molar-refractivity contribution is 0.627. The number of halogens is 1. The van der Waals surface area contributed by atoms with Gasteiger partial charge in [-0.1, -0.05) is 54.4 Å². The van der Waals surface area contributed by atoms with E-state index in [9.17, 15) is 4.39 Å². The molecule has 3 heteroatoms. The Kier molecular flexibility index (Phi) is 4.56. The van der Waals surface area contributed by atoms with E-state index in [0.717, 1.165) is 35.3 Å². The molecule has 0 saturated heterocycles. The van der Waals surface area contributed by atoms with Crippen LogP contribution in [-0.4, -0.2) is 13.6 Å². The van der Waals surface area contributed by atoms with Crippen LogP contribution in [0.4, 0.5) is 4.39 Å². The second kappa shape index (κ2) is 6.78.